The van der Waals surface area contributed by atoms with Crippen molar-refractivity contribution < 1.29 is 13.9 Å². The van der Waals surface area contributed by atoms with Crippen LogP contribution in [0.1, 0.15) is 47.8 Å². The number of benzene rings is 1. The van der Waals surface area contributed by atoms with Crippen LogP contribution in [-0.2, 0) is 17.8 Å². The minimum atomic E-state index is -0.0574. The fraction of sp³-hybridized carbons (Fsp3) is 0.364. The average molecular weight is 397 g/mol. The highest BCUT2D eigenvalue weighted by Gasteiger charge is 2.37. The summed E-state index contributed by atoms with van der Waals surface area (Å²) in [6.07, 6.45) is 4.08. The van der Waals surface area contributed by atoms with Gasteiger partial charge in [-0.3, -0.25) is 4.79 Å². The number of ether oxygens (including phenoxy) is 1. The predicted octanol–water partition coefficient (Wildman–Crippen LogP) is 4.92. The Bertz CT molecular complexity index is 914. The standard InChI is InChI=1S/C22H24N2O3S/c1-15-5-9-19(10-6-15)27-13-21-23-17(14-28-21)12-22(25)24(18-7-8-18)16(2)20-4-3-11-26-20/h3-6,9-11,14,16,18H,7-8,12-13H2,1-2H3. The van der Waals surface area contributed by atoms with Gasteiger partial charge in [-0.1, -0.05) is 17.7 Å². The molecule has 5 nitrogen and oxygen atoms in total. The van der Waals surface area contributed by atoms with E-state index in [0.717, 1.165) is 35.1 Å². The highest BCUT2D eigenvalue weighted by molar-refractivity contribution is 7.09. The van der Waals surface area contributed by atoms with E-state index in [9.17, 15) is 4.79 Å². The van der Waals surface area contributed by atoms with E-state index in [2.05, 4.69) is 4.98 Å². The van der Waals surface area contributed by atoms with Crippen molar-refractivity contribution in [1.29, 1.82) is 0 Å². The van der Waals surface area contributed by atoms with E-state index in [1.54, 1.807) is 6.26 Å². The lowest BCUT2D eigenvalue weighted by Crippen LogP contribution is -2.36. The van der Waals surface area contributed by atoms with Crippen LogP contribution in [0, 0.1) is 6.92 Å². The van der Waals surface area contributed by atoms with Crippen LogP contribution in [0.25, 0.3) is 0 Å². The molecular weight excluding hydrogens is 372 g/mol. The number of amides is 1. The molecule has 1 saturated carbocycles. The molecule has 0 bridgehead atoms. The van der Waals surface area contributed by atoms with Crippen LogP contribution < -0.4 is 4.74 Å². The predicted molar refractivity (Wildman–Crippen MR) is 108 cm³/mol. The molecule has 2 aromatic heterocycles. The van der Waals surface area contributed by atoms with Crippen molar-refractivity contribution in [3.63, 3.8) is 0 Å². The summed E-state index contributed by atoms with van der Waals surface area (Å²) in [5, 5.41) is 2.83. The summed E-state index contributed by atoms with van der Waals surface area (Å²) in [5.41, 5.74) is 2.00. The summed E-state index contributed by atoms with van der Waals surface area (Å²) in [6, 6.07) is 12.0. The Labute approximate surface area is 169 Å². The fourth-order valence-corrected chi connectivity index (χ4v) is 3.98. The van der Waals surface area contributed by atoms with Crippen molar-refractivity contribution in [1.82, 2.24) is 9.88 Å². The largest absolute Gasteiger partial charge is 0.486 e. The van der Waals surface area contributed by atoms with Crippen molar-refractivity contribution in [2.24, 2.45) is 0 Å². The maximum Gasteiger partial charge on any atom is 0.229 e. The second kappa shape index (κ2) is 8.19. The van der Waals surface area contributed by atoms with E-state index in [4.69, 9.17) is 9.15 Å². The summed E-state index contributed by atoms with van der Waals surface area (Å²) in [5.74, 6) is 1.75. The van der Waals surface area contributed by atoms with Gasteiger partial charge in [0, 0.05) is 11.4 Å². The third-order valence-electron chi connectivity index (χ3n) is 4.92. The molecule has 1 fully saturated rings. The van der Waals surface area contributed by atoms with Crippen LogP contribution in [0.2, 0.25) is 0 Å². The Balaban J connectivity index is 1.37. The molecule has 1 aromatic carbocycles. The number of hydrogen-bond acceptors (Lipinski definition) is 5. The van der Waals surface area contributed by atoms with Crippen LogP contribution in [0.5, 0.6) is 5.75 Å². The summed E-state index contributed by atoms with van der Waals surface area (Å²) in [4.78, 5) is 19.5. The van der Waals surface area contributed by atoms with E-state index < -0.39 is 0 Å². The number of furan rings is 1. The summed E-state index contributed by atoms with van der Waals surface area (Å²) < 4.78 is 11.3. The van der Waals surface area contributed by atoms with Gasteiger partial charge in [0.2, 0.25) is 5.91 Å². The van der Waals surface area contributed by atoms with Crippen molar-refractivity contribution in [3.05, 3.63) is 70.1 Å². The van der Waals surface area contributed by atoms with Gasteiger partial charge >= 0.3 is 0 Å². The molecule has 0 saturated heterocycles. The number of thiazole rings is 1. The van der Waals surface area contributed by atoms with E-state index in [1.807, 2.05) is 60.5 Å². The molecule has 6 heteroatoms. The third kappa shape index (κ3) is 4.44. The molecule has 1 amide bonds. The molecule has 0 radical (unpaired) electrons. The topological polar surface area (TPSA) is 55.6 Å². The molecule has 3 aromatic rings. The van der Waals surface area contributed by atoms with E-state index >= 15 is 0 Å². The van der Waals surface area contributed by atoms with Gasteiger partial charge in [0.25, 0.3) is 0 Å². The Morgan fingerprint density at radius 3 is 2.79 bits per heavy atom. The number of nitrogens with zero attached hydrogens (tertiary/aromatic N) is 2. The first-order chi connectivity index (χ1) is 13.6. The lowest BCUT2D eigenvalue weighted by molar-refractivity contribution is -0.133. The number of hydrogen-bond donors (Lipinski definition) is 0. The van der Waals surface area contributed by atoms with E-state index in [1.165, 1.54) is 16.9 Å². The van der Waals surface area contributed by atoms with Crippen molar-refractivity contribution >= 4 is 17.2 Å². The number of rotatable bonds is 8. The van der Waals surface area contributed by atoms with Gasteiger partial charge < -0.3 is 14.1 Å². The average Bonchev–Trinajstić information content (AvgIpc) is 3.18. The Morgan fingerprint density at radius 1 is 1.32 bits per heavy atom. The molecule has 4 rings (SSSR count). The normalized spacial score (nSPS) is 14.6. The smallest absolute Gasteiger partial charge is 0.229 e. The van der Waals surface area contributed by atoms with Gasteiger partial charge in [-0.15, -0.1) is 11.3 Å². The zero-order chi connectivity index (χ0) is 19.5. The zero-order valence-electron chi connectivity index (χ0n) is 16.1. The summed E-state index contributed by atoms with van der Waals surface area (Å²) in [7, 11) is 0. The monoisotopic (exact) mass is 396 g/mol. The molecule has 146 valence electrons. The van der Waals surface area contributed by atoms with Crippen molar-refractivity contribution in [2.45, 2.75) is 51.8 Å². The van der Waals surface area contributed by atoms with Crippen LogP contribution in [0.4, 0.5) is 0 Å². The lowest BCUT2D eigenvalue weighted by Gasteiger charge is -2.28. The molecule has 2 heterocycles. The molecule has 0 aliphatic heterocycles. The minimum Gasteiger partial charge on any atom is -0.486 e. The van der Waals surface area contributed by atoms with Gasteiger partial charge in [0.15, 0.2) is 0 Å². The van der Waals surface area contributed by atoms with E-state index in [0.29, 0.717) is 19.1 Å². The van der Waals surface area contributed by atoms with Gasteiger partial charge in [0.1, 0.15) is 23.1 Å². The summed E-state index contributed by atoms with van der Waals surface area (Å²) in [6.45, 7) is 4.49. The molecule has 0 N–H and O–H groups in total. The van der Waals surface area contributed by atoms with E-state index in [-0.39, 0.29) is 11.9 Å². The fourth-order valence-electron chi connectivity index (χ4n) is 3.28. The second-order valence-electron chi connectivity index (χ2n) is 7.23. The quantitative estimate of drug-likeness (QED) is 0.542. The molecule has 1 aliphatic carbocycles. The number of aryl methyl sites for hydroxylation is 1. The van der Waals surface area contributed by atoms with Crippen LogP contribution in [-0.4, -0.2) is 21.8 Å². The molecule has 1 aliphatic rings. The first kappa shape index (κ1) is 18.7. The second-order valence-corrected chi connectivity index (χ2v) is 8.18. The SMILES string of the molecule is Cc1ccc(OCc2nc(CC(=O)N(C3CC3)C(C)c3ccco3)cs2)cc1. The molecular formula is C22H24N2O3S. The van der Waals surface area contributed by atoms with Gasteiger partial charge in [0.05, 0.1) is 24.4 Å². The van der Waals surface area contributed by atoms with Gasteiger partial charge in [-0.2, -0.15) is 0 Å². The number of aromatic nitrogens is 1. The molecule has 1 unspecified atom stereocenters. The van der Waals surface area contributed by atoms with Gasteiger partial charge in [-0.05, 0) is 51.0 Å². The Kier molecular flexibility index (Phi) is 5.48. The number of carbonyl (C=O) groups excluding carboxylic acids is 1. The highest BCUT2D eigenvalue weighted by Crippen LogP contribution is 2.35. The Morgan fingerprint density at radius 2 is 2.11 bits per heavy atom. The van der Waals surface area contributed by atoms with Crippen LogP contribution >= 0.6 is 11.3 Å². The van der Waals surface area contributed by atoms with Gasteiger partial charge in [-0.25, -0.2) is 4.98 Å². The number of carbonyl (C=O) groups is 1. The molecule has 1 atom stereocenters. The van der Waals surface area contributed by atoms with Crippen molar-refractivity contribution in [3.8, 4) is 5.75 Å². The van der Waals surface area contributed by atoms with Crippen LogP contribution in [0.3, 0.4) is 0 Å². The maximum atomic E-state index is 13.0. The highest BCUT2D eigenvalue weighted by atomic mass is 32.1. The summed E-state index contributed by atoms with van der Waals surface area (Å²) >= 11 is 1.53. The minimum absolute atomic E-state index is 0.0574. The first-order valence-electron chi connectivity index (χ1n) is 9.57. The maximum absolute atomic E-state index is 13.0. The van der Waals surface area contributed by atoms with Crippen molar-refractivity contribution in [2.75, 3.05) is 0 Å². The zero-order valence-corrected chi connectivity index (χ0v) is 16.9. The third-order valence-corrected chi connectivity index (χ3v) is 5.79. The Hall–Kier alpha value is -2.60. The molecule has 0 spiro atoms. The molecule has 28 heavy (non-hydrogen) atoms. The first-order valence-corrected chi connectivity index (χ1v) is 10.5. The lowest BCUT2D eigenvalue weighted by atomic mass is 10.2. The van der Waals surface area contributed by atoms with Crippen LogP contribution in [0.15, 0.2) is 52.5 Å².